The van der Waals surface area contributed by atoms with Crippen molar-refractivity contribution >= 4 is 16.0 Å². The molecule has 0 atom stereocenters. The van der Waals surface area contributed by atoms with Crippen molar-refractivity contribution in [1.82, 2.24) is 4.72 Å². The van der Waals surface area contributed by atoms with E-state index < -0.39 is 15.4 Å². The minimum absolute atomic E-state index is 0.0132. The molecule has 102 valence electrons. The summed E-state index contributed by atoms with van der Waals surface area (Å²) >= 11 is 0. The van der Waals surface area contributed by atoms with Crippen molar-refractivity contribution in [2.45, 2.75) is 40.5 Å². The molecule has 5 nitrogen and oxygen atoms in total. The molecule has 0 aliphatic heterocycles. The number of hydrogen-bond donors (Lipinski definition) is 1. The summed E-state index contributed by atoms with van der Waals surface area (Å²) in [5.41, 5.74) is -0.499. The van der Waals surface area contributed by atoms with Gasteiger partial charge in [-0.25, -0.2) is 13.1 Å². The van der Waals surface area contributed by atoms with Crippen LogP contribution in [0, 0.1) is 5.41 Å². The summed E-state index contributed by atoms with van der Waals surface area (Å²) in [6.45, 7) is 7.78. The van der Waals surface area contributed by atoms with Gasteiger partial charge in [0.2, 0.25) is 10.0 Å². The maximum atomic E-state index is 11.6. The molecule has 0 spiro atoms. The van der Waals surface area contributed by atoms with Gasteiger partial charge in [-0.05, 0) is 26.7 Å². The van der Waals surface area contributed by atoms with Crippen LogP contribution in [-0.2, 0) is 19.6 Å². The Morgan fingerprint density at radius 1 is 1.29 bits per heavy atom. The van der Waals surface area contributed by atoms with E-state index in [1.54, 1.807) is 6.92 Å². The number of esters is 1. The maximum Gasteiger partial charge on any atom is 0.311 e. The SMILES string of the molecule is CCNS(=O)(=O)CCCOC(=O)C(C)(C)CC. The van der Waals surface area contributed by atoms with E-state index >= 15 is 0 Å². The average Bonchev–Trinajstić information content (AvgIpc) is 2.24. The van der Waals surface area contributed by atoms with E-state index in [9.17, 15) is 13.2 Å². The number of ether oxygens (including phenoxy) is 1. The van der Waals surface area contributed by atoms with Crippen LogP contribution in [0.4, 0.5) is 0 Å². The molecule has 0 rings (SSSR count). The van der Waals surface area contributed by atoms with Crippen molar-refractivity contribution in [2.75, 3.05) is 18.9 Å². The van der Waals surface area contributed by atoms with Crippen molar-refractivity contribution in [3.05, 3.63) is 0 Å². The molecule has 0 aliphatic carbocycles. The Labute approximate surface area is 104 Å². The second-order valence-corrected chi connectivity index (χ2v) is 6.47. The fourth-order valence-electron chi connectivity index (χ4n) is 1.05. The molecule has 0 heterocycles. The van der Waals surface area contributed by atoms with Crippen LogP contribution < -0.4 is 4.72 Å². The molecule has 0 aromatic rings. The Balaban J connectivity index is 3.91. The first-order valence-corrected chi connectivity index (χ1v) is 7.55. The van der Waals surface area contributed by atoms with E-state index in [-0.39, 0.29) is 18.3 Å². The molecule has 0 saturated carbocycles. The summed E-state index contributed by atoms with van der Waals surface area (Å²) in [5, 5.41) is 0. The highest BCUT2D eigenvalue weighted by Gasteiger charge is 2.26. The molecular weight excluding hydrogens is 242 g/mol. The highest BCUT2D eigenvalue weighted by atomic mass is 32.2. The molecule has 0 fully saturated rings. The first-order valence-electron chi connectivity index (χ1n) is 5.89. The van der Waals surface area contributed by atoms with Crippen molar-refractivity contribution in [2.24, 2.45) is 5.41 Å². The van der Waals surface area contributed by atoms with Crippen LogP contribution in [0.15, 0.2) is 0 Å². The van der Waals surface area contributed by atoms with Gasteiger partial charge in [0, 0.05) is 6.54 Å². The molecule has 1 N–H and O–H groups in total. The zero-order valence-corrected chi connectivity index (χ0v) is 11.9. The highest BCUT2D eigenvalue weighted by Crippen LogP contribution is 2.21. The van der Waals surface area contributed by atoms with Crippen molar-refractivity contribution in [1.29, 1.82) is 0 Å². The van der Waals surface area contributed by atoms with E-state index in [0.29, 0.717) is 19.4 Å². The third kappa shape index (κ3) is 6.63. The topological polar surface area (TPSA) is 72.5 Å². The number of rotatable bonds is 8. The van der Waals surface area contributed by atoms with Crippen LogP contribution in [0.1, 0.15) is 40.5 Å². The Kier molecular flexibility index (Phi) is 6.70. The summed E-state index contributed by atoms with van der Waals surface area (Å²) in [6.07, 6.45) is 1.02. The van der Waals surface area contributed by atoms with Gasteiger partial charge in [0.15, 0.2) is 0 Å². The van der Waals surface area contributed by atoms with Crippen LogP contribution in [0.25, 0.3) is 0 Å². The molecule has 17 heavy (non-hydrogen) atoms. The lowest BCUT2D eigenvalue weighted by Crippen LogP contribution is -2.28. The third-order valence-corrected chi connectivity index (χ3v) is 4.15. The number of carbonyl (C=O) groups is 1. The van der Waals surface area contributed by atoms with Gasteiger partial charge in [0.25, 0.3) is 0 Å². The second-order valence-electron chi connectivity index (χ2n) is 4.54. The van der Waals surface area contributed by atoms with Gasteiger partial charge in [0.1, 0.15) is 0 Å². The molecule has 0 amide bonds. The van der Waals surface area contributed by atoms with E-state index in [1.807, 2.05) is 20.8 Å². The average molecular weight is 265 g/mol. The third-order valence-electron chi connectivity index (χ3n) is 2.59. The molecule has 0 unspecified atom stereocenters. The largest absolute Gasteiger partial charge is 0.465 e. The fraction of sp³-hybridized carbons (Fsp3) is 0.909. The normalized spacial score (nSPS) is 12.5. The Morgan fingerprint density at radius 2 is 1.88 bits per heavy atom. The number of carbonyl (C=O) groups excluding carboxylic acids is 1. The second kappa shape index (κ2) is 6.96. The van der Waals surface area contributed by atoms with Crippen molar-refractivity contribution in [3.8, 4) is 0 Å². The van der Waals surface area contributed by atoms with Crippen molar-refractivity contribution < 1.29 is 17.9 Å². The maximum absolute atomic E-state index is 11.6. The lowest BCUT2D eigenvalue weighted by molar-refractivity contribution is -0.154. The lowest BCUT2D eigenvalue weighted by Gasteiger charge is -2.20. The lowest BCUT2D eigenvalue weighted by atomic mass is 9.91. The molecule has 0 saturated heterocycles. The quantitative estimate of drug-likeness (QED) is 0.530. The molecule has 0 radical (unpaired) electrons. The Bertz CT molecular complexity index is 335. The van der Waals surface area contributed by atoms with Gasteiger partial charge in [-0.15, -0.1) is 0 Å². The first kappa shape index (κ1) is 16.4. The minimum atomic E-state index is -3.21. The predicted molar refractivity (Wildman–Crippen MR) is 67.1 cm³/mol. The first-order chi connectivity index (χ1) is 7.75. The van der Waals surface area contributed by atoms with Crippen LogP contribution in [-0.4, -0.2) is 33.3 Å². The molecule has 0 aromatic carbocycles. The summed E-state index contributed by atoms with van der Waals surface area (Å²) in [6, 6.07) is 0. The minimum Gasteiger partial charge on any atom is -0.465 e. The van der Waals surface area contributed by atoms with Crippen molar-refractivity contribution in [3.63, 3.8) is 0 Å². The van der Waals surface area contributed by atoms with Gasteiger partial charge in [-0.3, -0.25) is 4.79 Å². The van der Waals surface area contributed by atoms with Gasteiger partial charge in [-0.2, -0.15) is 0 Å². The van der Waals surface area contributed by atoms with Crippen LogP contribution in [0.3, 0.4) is 0 Å². The smallest absolute Gasteiger partial charge is 0.311 e. The number of nitrogens with one attached hydrogen (secondary N) is 1. The fourth-order valence-corrected chi connectivity index (χ4v) is 2.13. The highest BCUT2D eigenvalue weighted by molar-refractivity contribution is 7.89. The van der Waals surface area contributed by atoms with Crippen LogP contribution in [0.5, 0.6) is 0 Å². The Morgan fingerprint density at radius 3 is 2.35 bits per heavy atom. The van der Waals surface area contributed by atoms with E-state index in [0.717, 1.165) is 0 Å². The van der Waals surface area contributed by atoms with Gasteiger partial charge in [0.05, 0.1) is 17.8 Å². The zero-order chi connectivity index (χ0) is 13.5. The molecule has 0 aromatic heterocycles. The molecule has 0 bridgehead atoms. The van der Waals surface area contributed by atoms with E-state index in [4.69, 9.17) is 4.74 Å². The molecule has 6 heteroatoms. The monoisotopic (exact) mass is 265 g/mol. The van der Waals surface area contributed by atoms with Gasteiger partial charge < -0.3 is 4.74 Å². The van der Waals surface area contributed by atoms with Gasteiger partial charge in [-0.1, -0.05) is 13.8 Å². The summed E-state index contributed by atoms with van der Waals surface area (Å²) in [7, 11) is -3.21. The van der Waals surface area contributed by atoms with E-state index in [1.165, 1.54) is 0 Å². The van der Waals surface area contributed by atoms with E-state index in [2.05, 4.69) is 4.72 Å². The summed E-state index contributed by atoms with van der Waals surface area (Å²) < 4.78 is 30.0. The standard InChI is InChI=1S/C11H23NO4S/c1-5-11(3,4)10(13)16-8-7-9-17(14,15)12-6-2/h12H,5-9H2,1-4H3. The Hall–Kier alpha value is -0.620. The predicted octanol–water partition coefficient (Wildman–Crippen LogP) is 1.30. The number of hydrogen-bond acceptors (Lipinski definition) is 4. The summed E-state index contributed by atoms with van der Waals surface area (Å²) in [4.78, 5) is 11.6. The number of sulfonamides is 1. The summed E-state index contributed by atoms with van der Waals surface area (Å²) in [5.74, 6) is -0.290. The van der Waals surface area contributed by atoms with Gasteiger partial charge >= 0.3 is 5.97 Å². The zero-order valence-electron chi connectivity index (χ0n) is 11.1. The molecule has 0 aliphatic rings. The van der Waals surface area contributed by atoms with Crippen LogP contribution in [0.2, 0.25) is 0 Å². The van der Waals surface area contributed by atoms with Crippen LogP contribution >= 0.6 is 0 Å². The molecular formula is C11H23NO4S.